The lowest BCUT2D eigenvalue weighted by molar-refractivity contribution is -0.144. The molecule has 1 amide bonds. The van der Waals surface area contributed by atoms with E-state index in [-0.39, 0.29) is 12.5 Å². The number of ether oxygens (including phenoxy) is 1. The molecule has 0 aliphatic rings. The quantitative estimate of drug-likeness (QED) is 0.761. The summed E-state index contributed by atoms with van der Waals surface area (Å²) >= 11 is 0. The number of hydrogen-bond acceptors (Lipinski definition) is 3. The Bertz CT molecular complexity index is 433. The summed E-state index contributed by atoms with van der Waals surface area (Å²) in [6.07, 6.45) is 0.683. The third kappa shape index (κ3) is 5.40. The number of benzene rings is 1. The van der Waals surface area contributed by atoms with Gasteiger partial charge in [0.2, 0.25) is 5.91 Å². The van der Waals surface area contributed by atoms with Crippen LogP contribution >= 0.6 is 0 Å². The molecule has 1 unspecified atom stereocenters. The predicted molar refractivity (Wildman–Crippen MR) is 75.1 cm³/mol. The number of carbonyl (C=O) groups is 2. The number of aliphatic carboxylic acids is 1. The van der Waals surface area contributed by atoms with Gasteiger partial charge in [0.1, 0.15) is 12.6 Å². The first-order valence-electron chi connectivity index (χ1n) is 6.68. The highest BCUT2D eigenvalue weighted by Gasteiger charge is 2.25. The van der Waals surface area contributed by atoms with Gasteiger partial charge in [-0.3, -0.25) is 4.79 Å². The molecule has 0 spiro atoms. The maximum Gasteiger partial charge on any atom is 0.326 e. The van der Waals surface area contributed by atoms with Gasteiger partial charge in [0.15, 0.2) is 0 Å². The number of rotatable bonds is 8. The third-order valence-corrected chi connectivity index (χ3v) is 3.14. The number of carboxylic acid groups (broad SMARTS) is 1. The largest absolute Gasteiger partial charge is 0.480 e. The molecule has 1 rings (SSSR count). The van der Waals surface area contributed by atoms with Gasteiger partial charge in [-0.05, 0) is 11.5 Å². The fourth-order valence-electron chi connectivity index (χ4n) is 1.73. The smallest absolute Gasteiger partial charge is 0.326 e. The van der Waals surface area contributed by atoms with Crippen molar-refractivity contribution in [1.29, 1.82) is 0 Å². The van der Waals surface area contributed by atoms with Crippen LogP contribution in [-0.4, -0.2) is 29.6 Å². The Morgan fingerprint density at radius 3 is 2.50 bits per heavy atom. The second-order valence-electron chi connectivity index (χ2n) is 4.75. The van der Waals surface area contributed by atoms with Gasteiger partial charge < -0.3 is 15.2 Å². The molecule has 20 heavy (non-hydrogen) atoms. The highest BCUT2D eigenvalue weighted by Crippen LogP contribution is 2.08. The zero-order valence-electron chi connectivity index (χ0n) is 11.8. The van der Waals surface area contributed by atoms with E-state index in [0.29, 0.717) is 13.0 Å². The van der Waals surface area contributed by atoms with E-state index in [1.54, 1.807) is 6.92 Å². The van der Waals surface area contributed by atoms with Crippen LogP contribution in [-0.2, 0) is 20.9 Å². The second-order valence-corrected chi connectivity index (χ2v) is 4.75. The topological polar surface area (TPSA) is 75.6 Å². The highest BCUT2D eigenvalue weighted by atomic mass is 16.5. The lowest BCUT2D eigenvalue weighted by atomic mass is 9.99. The normalized spacial score (nSPS) is 13.5. The summed E-state index contributed by atoms with van der Waals surface area (Å²) in [6.45, 7) is 3.87. The van der Waals surface area contributed by atoms with Crippen molar-refractivity contribution in [2.75, 3.05) is 6.61 Å². The number of nitrogens with one attached hydrogen (secondary N) is 1. The lowest BCUT2D eigenvalue weighted by Crippen LogP contribution is -2.46. The maximum absolute atomic E-state index is 11.7. The molecule has 2 N–H and O–H groups in total. The zero-order chi connectivity index (χ0) is 15.0. The van der Waals surface area contributed by atoms with Gasteiger partial charge in [0.05, 0.1) is 6.61 Å². The Balaban J connectivity index is 2.37. The standard InChI is InChI=1S/C15H21NO4/c1-3-11(2)14(15(18)19)16-13(17)10-20-9-12-7-5-4-6-8-12/h4-8,11,14H,3,9-10H2,1-2H3,(H,16,17)(H,18,19)/t11?,14-/m0/s1. The molecule has 2 atom stereocenters. The van der Waals surface area contributed by atoms with Crippen LogP contribution < -0.4 is 5.32 Å². The molecule has 0 aliphatic carbocycles. The molecular formula is C15H21NO4. The summed E-state index contributed by atoms with van der Waals surface area (Å²) in [5, 5.41) is 11.6. The number of amides is 1. The molecule has 110 valence electrons. The minimum absolute atomic E-state index is 0.120. The van der Waals surface area contributed by atoms with Crippen molar-refractivity contribution >= 4 is 11.9 Å². The minimum atomic E-state index is -1.02. The first kappa shape index (κ1) is 16.2. The van der Waals surface area contributed by atoms with Crippen molar-refractivity contribution < 1.29 is 19.4 Å². The van der Waals surface area contributed by atoms with Gasteiger partial charge in [-0.15, -0.1) is 0 Å². The summed E-state index contributed by atoms with van der Waals surface area (Å²) in [5.74, 6) is -1.55. The van der Waals surface area contributed by atoms with Gasteiger partial charge in [-0.2, -0.15) is 0 Å². The van der Waals surface area contributed by atoms with Crippen LogP contribution in [0.15, 0.2) is 30.3 Å². The number of carboxylic acids is 1. The summed E-state index contributed by atoms with van der Waals surface area (Å²) < 4.78 is 5.27. The fourth-order valence-corrected chi connectivity index (χ4v) is 1.73. The van der Waals surface area contributed by atoms with E-state index >= 15 is 0 Å². The van der Waals surface area contributed by atoms with Crippen molar-refractivity contribution in [3.63, 3.8) is 0 Å². The Labute approximate surface area is 118 Å². The minimum Gasteiger partial charge on any atom is -0.480 e. The summed E-state index contributed by atoms with van der Waals surface area (Å²) in [6, 6.07) is 8.62. The van der Waals surface area contributed by atoms with Gasteiger partial charge in [-0.1, -0.05) is 50.6 Å². The van der Waals surface area contributed by atoms with E-state index < -0.39 is 17.9 Å². The van der Waals surface area contributed by atoms with Crippen LogP contribution in [0.1, 0.15) is 25.8 Å². The van der Waals surface area contributed by atoms with Crippen molar-refractivity contribution in [1.82, 2.24) is 5.32 Å². The van der Waals surface area contributed by atoms with E-state index in [1.165, 1.54) is 0 Å². The summed E-state index contributed by atoms with van der Waals surface area (Å²) in [4.78, 5) is 22.7. The van der Waals surface area contributed by atoms with Crippen molar-refractivity contribution in [3.05, 3.63) is 35.9 Å². The van der Waals surface area contributed by atoms with Crippen molar-refractivity contribution in [3.8, 4) is 0 Å². The lowest BCUT2D eigenvalue weighted by Gasteiger charge is -2.20. The monoisotopic (exact) mass is 279 g/mol. The highest BCUT2D eigenvalue weighted by molar-refractivity contribution is 5.84. The maximum atomic E-state index is 11.7. The second kappa shape index (κ2) is 8.32. The molecule has 0 fully saturated rings. The molecule has 1 aromatic rings. The van der Waals surface area contributed by atoms with E-state index in [9.17, 15) is 9.59 Å². The Hall–Kier alpha value is -1.88. The van der Waals surface area contributed by atoms with E-state index in [1.807, 2.05) is 37.3 Å². The molecule has 0 radical (unpaired) electrons. The summed E-state index contributed by atoms with van der Waals surface area (Å²) in [7, 11) is 0. The Morgan fingerprint density at radius 2 is 1.95 bits per heavy atom. The van der Waals surface area contributed by atoms with Gasteiger partial charge >= 0.3 is 5.97 Å². The zero-order valence-corrected chi connectivity index (χ0v) is 11.8. The molecule has 5 heteroatoms. The summed E-state index contributed by atoms with van der Waals surface area (Å²) in [5.41, 5.74) is 0.969. The van der Waals surface area contributed by atoms with Crippen LogP contribution in [0.4, 0.5) is 0 Å². The first-order valence-corrected chi connectivity index (χ1v) is 6.68. The van der Waals surface area contributed by atoms with Gasteiger partial charge in [0.25, 0.3) is 0 Å². The predicted octanol–water partition coefficient (Wildman–Crippen LogP) is 1.82. The first-order chi connectivity index (χ1) is 9.54. The van der Waals surface area contributed by atoms with Crippen LogP contribution in [0.5, 0.6) is 0 Å². The van der Waals surface area contributed by atoms with E-state index in [2.05, 4.69) is 5.32 Å². The molecule has 1 aromatic carbocycles. The SMILES string of the molecule is CCC(C)[C@H](NC(=O)COCc1ccccc1)C(=O)O. The molecule has 0 bridgehead atoms. The van der Waals surface area contributed by atoms with Gasteiger partial charge in [0, 0.05) is 0 Å². The average Bonchev–Trinajstić information content (AvgIpc) is 2.45. The van der Waals surface area contributed by atoms with E-state index in [0.717, 1.165) is 5.56 Å². The van der Waals surface area contributed by atoms with Crippen LogP contribution in [0.25, 0.3) is 0 Å². The molecule has 0 heterocycles. The van der Waals surface area contributed by atoms with Crippen LogP contribution in [0.2, 0.25) is 0 Å². The van der Waals surface area contributed by atoms with Crippen molar-refractivity contribution in [2.45, 2.75) is 32.9 Å². The van der Waals surface area contributed by atoms with E-state index in [4.69, 9.17) is 9.84 Å². The molecule has 0 saturated carbocycles. The van der Waals surface area contributed by atoms with Gasteiger partial charge in [-0.25, -0.2) is 4.79 Å². The average molecular weight is 279 g/mol. The van der Waals surface area contributed by atoms with Crippen molar-refractivity contribution in [2.24, 2.45) is 5.92 Å². The molecule has 5 nitrogen and oxygen atoms in total. The molecule has 0 saturated heterocycles. The fraction of sp³-hybridized carbons (Fsp3) is 0.467. The third-order valence-electron chi connectivity index (χ3n) is 3.14. The Morgan fingerprint density at radius 1 is 1.30 bits per heavy atom. The molecule has 0 aromatic heterocycles. The van der Waals surface area contributed by atoms with Crippen LogP contribution in [0.3, 0.4) is 0 Å². The van der Waals surface area contributed by atoms with Crippen LogP contribution in [0, 0.1) is 5.92 Å². The molecule has 0 aliphatic heterocycles. The molecular weight excluding hydrogens is 258 g/mol. The Kier molecular flexibility index (Phi) is 6.73. The number of hydrogen-bond donors (Lipinski definition) is 2. The number of carbonyl (C=O) groups excluding carboxylic acids is 1.